The third kappa shape index (κ3) is 4.14. The van der Waals surface area contributed by atoms with Crippen LogP contribution < -0.4 is 5.32 Å². The molecule has 19 heavy (non-hydrogen) atoms. The summed E-state index contributed by atoms with van der Waals surface area (Å²) in [6.07, 6.45) is 1.12. The molecule has 102 valence electrons. The Morgan fingerprint density at radius 3 is 2.58 bits per heavy atom. The molecule has 0 aliphatic heterocycles. The van der Waals surface area contributed by atoms with Crippen LogP contribution in [0.2, 0.25) is 0 Å². The van der Waals surface area contributed by atoms with E-state index in [0.29, 0.717) is 0 Å². The molecular weight excluding hydrogens is 454 g/mol. The Balaban J connectivity index is 2.39. The number of thiophene rings is 1. The van der Waals surface area contributed by atoms with Crippen LogP contribution in [-0.4, -0.2) is 6.54 Å². The summed E-state index contributed by atoms with van der Waals surface area (Å²) < 4.78 is 3.40. The van der Waals surface area contributed by atoms with Gasteiger partial charge >= 0.3 is 0 Å². The van der Waals surface area contributed by atoms with Crippen molar-refractivity contribution in [3.8, 4) is 0 Å². The Labute approximate surface area is 143 Å². The van der Waals surface area contributed by atoms with E-state index in [2.05, 4.69) is 90.4 Å². The number of halogens is 3. The average Bonchev–Trinajstić information content (AvgIpc) is 2.80. The molecule has 0 aliphatic carbocycles. The number of benzene rings is 1. The normalized spacial score (nSPS) is 12.6. The Bertz CT molecular complexity index is 553. The first-order chi connectivity index (χ1) is 9.11. The van der Waals surface area contributed by atoms with Gasteiger partial charge in [-0.05, 0) is 64.8 Å². The van der Waals surface area contributed by atoms with E-state index in [4.69, 9.17) is 0 Å². The molecule has 1 heterocycles. The van der Waals surface area contributed by atoms with E-state index >= 15 is 0 Å². The van der Waals surface area contributed by atoms with Crippen molar-refractivity contribution in [1.82, 2.24) is 5.32 Å². The molecule has 1 aromatic carbocycles. The van der Waals surface area contributed by atoms with Gasteiger partial charge in [0.15, 0.2) is 0 Å². The highest BCUT2D eigenvalue weighted by molar-refractivity contribution is 9.11. The zero-order chi connectivity index (χ0) is 13.8. The summed E-state index contributed by atoms with van der Waals surface area (Å²) in [6, 6.07) is 10.8. The minimum atomic E-state index is 0.225. The van der Waals surface area contributed by atoms with E-state index in [-0.39, 0.29) is 6.04 Å². The lowest BCUT2D eigenvalue weighted by Crippen LogP contribution is -2.22. The first kappa shape index (κ1) is 15.7. The van der Waals surface area contributed by atoms with Crippen molar-refractivity contribution < 1.29 is 0 Å². The maximum Gasteiger partial charge on any atom is 0.0702 e. The quantitative estimate of drug-likeness (QED) is 0.558. The molecule has 5 heteroatoms. The lowest BCUT2D eigenvalue weighted by molar-refractivity contribution is 0.604. The molecule has 1 aromatic heterocycles. The monoisotopic (exact) mass is 465 g/mol. The van der Waals surface area contributed by atoms with E-state index in [1.807, 2.05) is 0 Å². The van der Waals surface area contributed by atoms with Gasteiger partial charge in [-0.1, -0.05) is 38.8 Å². The van der Waals surface area contributed by atoms with Crippen LogP contribution in [0.4, 0.5) is 0 Å². The predicted octanol–water partition coefficient (Wildman–Crippen LogP) is 6.12. The predicted molar refractivity (Wildman–Crippen MR) is 94.0 cm³/mol. The molecule has 1 atom stereocenters. The molecule has 0 radical (unpaired) electrons. The molecule has 0 bridgehead atoms. The molecular formula is C14H14Br3NS. The Morgan fingerprint density at radius 2 is 1.95 bits per heavy atom. The van der Waals surface area contributed by atoms with Crippen molar-refractivity contribution in [1.29, 1.82) is 0 Å². The van der Waals surface area contributed by atoms with Crippen LogP contribution in [0.3, 0.4) is 0 Å². The van der Waals surface area contributed by atoms with Crippen molar-refractivity contribution in [3.05, 3.63) is 53.5 Å². The van der Waals surface area contributed by atoms with Crippen LogP contribution in [-0.2, 0) is 0 Å². The summed E-state index contributed by atoms with van der Waals surface area (Å²) in [4.78, 5) is 1.32. The second-order valence-electron chi connectivity index (χ2n) is 4.19. The van der Waals surface area contributed by atoms with Crippen LogP contribution in [0.1, 0.15) is 29.8 Å². The maximum absolute atomic E-state index is 3.66. The van der Waals surface area contributed by atoms with Crippen molar-refractivity contribution in [2.24, 2.45) is 0 Å². The zero-order valence-electron chi connectivity index (χ0n) is 10.4. The lowest BCUT2D eigenvalue weighted by Gasteiger charge is -2.19. The van der Waals surface area contributed by atoms with Gasteiger partial charge < -0.3 is 5.32 Å². The van der Waals surface area contributed by atoms with Crippen LogP contribution in [0.5, 0.6) is 0 Å². The van der Waals surface area contributed by atoms with Gasteiger partial charge in [-0.2, -0.15) is 0 Å². The minimum Gasteiger partial charge on any atom is -0.306 e. The first-order valence-corrected chi connectivity index (χ1v) is 9.25. The number of hydrogen-bond donors (Lipinski definition) is 1. The fourth-order valence-electron chi connectivity index (χ4n) is 1.87. The highest BCUT2D eigenvalue weighted by Crippen LogP contribution is 2.35. The van der Waals surface area contributed by atoms with Gasteiger partial charge in [0.25, 0.3) is 0 Å². The maximum atomic E-state index is 3.66. The summed E-state index contributed by atoms with van der Waals surface area (Å²) in [5.41, 5.74) is 1.26. The highest BCUT2D eigenvalue weighted by atomic mass is 79.9. The van der Waals surface area contributed by atoms with Crippen molar-refractivity contribution in [2.75, 3.05) is 6.54 Å². The number of hydrogen-bond acceptors (Lipinski definition) is 2. The summed E-state index contributed by atoms with van der Waals surface area (Å²) in [5.74, 6) is 0. The largest absolute Gasteiger partial charge is 0.306 e. The number of rotatable bonds is 5. The third-order valence-electron chi connectivity index (χ3n) is 2.75. The zero-order valence-corrected chi connectivity index (χ0v) is 16.0. The second-order valence-corrected chi connectivity index (χ2v) is 8.46. The molecule has 1 N–H and O–H groups in total. The van der Waals surface area contributed by atoms with Crippen LogP contribution >= 0.6 is 59.1 Å². The topological polar surface area (TPSA) is 12.0 Å². The molecule has 0 saturated carbocycles. The van der Waals surface area contributed by atoms with Crippen LogP contribution in [0, 0.1) is 0 Å². The molecule has 2 aromatic rings. The molecule has 2 rings (SSSR count). The minimum absolute atomic E-state index is 0.225. The Kier molecular flexibility index (Phi) is 6.09. The standard InChI is InChI=1S/C14H14Br3NS/c1-2-7-18-14(12-5-6-13(17)19-12)10-8-9(15)3-4-11(10)16/h3-6,8,14,18H,2,7H2,1H3. The van der Waals surface area contributed by atoms with E-state index in [1.165, 1.54) is 10.4 Å². The first-order valence-electron chi connectivity index (χ1n) is 6.05. The van der Waals surface area contributed by atoms with Gasteiger partial charge in [-0.15, -0.1) is 11.3 Å². The molecule has 0 aliphatic rings. The van der Waals surface area contributed by atoms with Crippen molar-refractivity contribution in [2.45, 2.75) is 19.4 Å². The van der Waals surface area contributed by atoms with Gasteiger partial charge in [0.05, 0.1) is 9.83 Å². The van der Waals surface area contributed by atoms with Crippen molar-refractivity contribution >= 4 is 59.1 Å². The second kappa shape index (κ2) is 7.36. The van der Waals surface area contributed by atoms with Crippen LogP contribution in [0.25, 0.3) is 0 Å². The summed E-state index contributed by atoms with van der Waals surface area (Å²) in [6.45, 7) is 3.18. The fourth-order valence-corrected chi connectivity index (χ4v) is 4.24. The molecule has 0 fully saturated rings. The molecule has 1 unspecified atom stereocenters. The molecule has 0 spiro atoms. The van der Waals surface area contributed by atoms with E-state index in [0.717, 1.165) is 25.7 Å². The van der Waals surface area contributed by atoms with E-state index in [1.54, 1.807) is 11.3 Å². The van der Waals surface area contributed by atoms with Gasteiger partial charge in [0.1, 0.15) is 0 Å². The van der Waals surface area contributed by atoms with Gasteiger partial charge in [-0.25, -0.2) is 0 Å². The highest BCUT2D eigenvalue weighted by Gasteiger charge is 2.18. The van der Waals surface area contributed by atoms with Gasteiger partial charge in [0, 0.05) is 13.8 Å². The van der Waals surface area contributed by atoms with Gasteiger partial charge in [-0.3, -0.25) is 0 Å². The smallest absolute Gasteiger partial charge is 0.0702 e. The summed E-state index contributed by atoms with van der Waals surface area (Å²) in [7, 11) is 0. The number of nitrogens with one attached hydrogen (secondary N) is 1. The average molecular weight is 468 g/mol. The third-order valence-corrected chi connectivity index (χ3v) is 5.65. The molecule has 0 saturated heterocycles. The fraction of sp³-hybridized carbons (Fsp3) is 0.286. The van der Waals surface area contributed by atoms with Gasteiger partial charge in [0.2, 0.25) is 0 Å². The molecule has 1 nitrogen and oxygen atoms in total. The SMILES string of the molecule is CCCNC(c1ccc(Br)s1)c1cc(Br)ccc1Br. The Hall–Kier alpha value is 0.320. The lowest BCUT2D eigenvalue weighted by atomic mass is 10.1. The Morgan fingerprint density at radius 1 is 1.16 bits per heavy atom. The molecule has 0 amide bonds. The van der Waals surface area contributed by atoms with E-state index in [9.17, 15) is 0 Å². The van der Waals surface area contributed by atoms with Crippen LogP contribution in [0.15, 0.2) is 43.1 Å². The van der Waals surface area contributed by atoms with Crippen molar-refractivity contribution in [3.63, 3.8) is 0 Å². The summed E-state index contributed by atoms with van der Waals surface area (Å²) in [5, 5.41) is 3.62. The van der Waals surface area contributed by atoms with E-state index < -0.39 is 0 Å². The summed E-state index contributed by atoms with van der Waals surface area (Å²) >= 11 is 12.5.